The number of piperazine rings is 1. The summed E-state index contributed by atoms with van der Waals surface area (Å²) in [5.41, 5.74) is 3.40. The molecule has 2 heterocycles. The molecule has 0 aromatic heterocycles. The molecule has 6 nitrogen and oxygen atoms in total. The van der Waals surface area contributed by atoms with E-state index in [2.05, 4.69) is 22.7 Å². The van der Waals surface area contributed by atoms with Gasteiger partial charge in [-0.1, -0.05) is 6.92 Å². The molecule has 0 spiro atoms. The van der Waals surface area contributed by atoms with Crippen LogP contribution in [0.5, 0.6) is 0 Å². The molecule has 2 N–H and O–H groups in total. The number of likely N-dealkylation sites (N-methyl/N-ethyl adjacent to an activating group) is 1. The molecule has 0 aromatic rings. The monoisotopic (exact) mass is 308 g/mol. The number of hydrazine groups is 1. The molecular formula is C16H28N4O2. The number of amides is 2. The lowest BCUT2D eigenvalue weighted by atomic mass is 9.78. The molecule has 4 unspecified atom stereocenters. The molecule has 6 heteroatoms. The van der Waals surface area contributed by atoms with Gasteiger partial charge in [-0.3, -0.25) is 15.0 Å². The van der Waals surface area contributed by atoms with Crippen LogP contribution in [0.2, 0.25) is 0 Å². The number of fused-ring (bicyclic) bond motifs is 3. The summed E-state index contributed by atoms with van der Waals surface area (Å²) < 4.78 is 0. The lowest BCUT2D eigenvalue weighted by Crippen LogP contribution is -2.68. The Balaban J connectivity index is 1.73. The van der Waals surface area contributed by atoms with Crippen LogP contribution in [-0.2, 0) is 9.59 Å². The number of nitrogens with zero attached hydrogens (tertiary/aromatic N) is 2. The van der Waals surface area contributed by atoms with Crippen molar-refractivity contribution in [2.45, 2.75) is 64.1 Å². The second-order valence-corrected chi connectivity index (χ2v) is 6.68. The summed E-state index contributed by atoms with van der Waals surface area (Å²) in [5, 5.41) is 5.21. The minimum atomic E-state index is 0.00617. The van der Waals surface area contributed by atoms with E-state index in [9.17, 15) is 9.59 Å². The zero-order valence-electron chi connectivity index (χ0n) is 13.7. The second-order valence-electron chi connectivity index (χ2n) is 6.68. The van der Waals surface area contributed by atoms with Crippen molar-refractivity contribution in [3.8, 4) is 0 Å². The van der Waals surface area contributed by atoms with E-state index in [1.165, 1.54) is 0 Å². The maximum atomic E-state index is 12.7. The Hall–Kier alpha value is -1.14. The van der Waals surface area contributed by atoms with Crippen LogP contribution in [-0.4, -0.2) is 59.5 Å². The largest absolute Gasteiger partial charge is 0.356 e. The van der Waals surface area contributed by atoms with Gasteiger partial charge in [0, 0.05) is 37.6 Å². The highest BCUT2D eigenvalue weighted by Gasteiger charge is 2.50. The van der Waals surface area contributed by atoms with Gasteiger partial charge < -0.3 is 10.2 Å². The van der Waals surface area contributed by atoms with Gasteiger partial charge in [-0.05, 0) is 39.0 Å². The Morgan fingerprint density at radius 2 is 2.09 bits per heavy atom. The van der Waals surface area contributed by atoms with E-state index in [1.54, 1.807) is 0 Å². The van der Waals surface area contributed by atoms with Crippen LogP contribution in [0.4, 0.5) is 0 Å². The fourth-order valence-corrected chi connectivity index (χ4v) is 4.34. The van der Waals surface area contributed by atoms with Crippen molar-refractivity contribution in [2.75, 3.05) is 19.6 Å². The SMILES string of the molecule is CCCNC(=O)C1CCC2C(C1)N(CC)C(=O)C1CCNN12. The van der Waals surface area contributed by atoms with Crippen LogP contribution >= 0.6 is 0 Å². The highest BCUT2D eigenvalue weighted by atomic mass is 16.2. The summed E-state index contributed by atoms with van der Waals surface area (Å²) in [6, 6.07) is 0.539. The molecule has 3 rings (SSSR count). The first kappa shape index (κ1) is 15.7. The van der Waals surface area contributed by atoms with Gasteiger partial charge in [-0.2, -0.15) is 0 Å². The van der Waals surface area contributed by atoms with E-state index in [4.69, 9.17) is 0 Å². The van der Waals surface area contributed by atoms with Crippen molar-refractivity contribution in [1.29, 1.82) is 0 Å². The smallest absolute Gasteiger partial charge is 0.241 e. The molecule has 1 aliphatic carbocycles. The van der Waals surface area contributed by atoms with E-state index in [0.717, 1.165) is 51.7 Å². The lowest BCUT2D eigenvalue weighted by Gasteiger charge is -2.51. The molecule has 3 aliphatic rings. The molecular weight excluding hydrogens is 280 g/mol. The molecule has 0 aromatic carbocycles. The molecule has 0 bridgehead atoms. The number of rotatable bonds is 4. The van der Waals surface area contributed by atoms with Gasteiger partial charge in [0.2, 0.25) is 11.8 Å². The molecule has 2 aliphatic heterocycles. The molecule has 1 saturated carbocycles. The zero-order valence-corrected chi connectivity index (χ0v) is 13.7. The Morgan fingerprint density at radius 1 is 1.27 bits per heavy atom. The summed E-state index contributed by atoms with van der Waals surface area (Å²) in [7, 11) is 0. The highest BCUT2D eigenvalue weighted by Crippen LogP contribution is 2.37. The first-order chi connectivity index (χ1) is 10.7. The number of carbonyl (C=O) groups is 2. The van der Waals surface area contributed by atoms with E-state index < -0.39 is 0 Å². The second kappa shape index (κ2) is 6.54. The van der Waals surface area contributed by atoms with Gasteiger partial charge in [-0.25, -0.2) is 5.01 Å². The van der Waals surface area contributed by atoms with Crippen molar-refractivity contribution in [2.24, 2.45) is 5.92 Å². The van der Waals surface area contributed by atoms with E-state index in [0.29, 0.717) is 6.04 Å². The quantitative estimate of drug-likeness (QED) is 0.793. The van der Waals surface area contributed by atoms with Crippen LogP contribution in [0.1, 0.15) is 46.0 Å². The third-order valence-electron chi connectivity index (χ3n) is 5.42. The molecule has 2 amide bonds. The molecule has 4 atom stereocenters. The highest BCUT2D eigenvalue weighted by molar-refractivity contribution is 5.84. The first-order valence-corrected chi connectivity index (χ1v) is 8.77. The fraction of sp³-hybridized carbons (Fsp3) is 0.875. The van der Waals surface area contributed by atoms with Gasteiger partial charge >= 0.3 is 0 Å². The number of nitrogens with one attached hydrogen (secondary N) is 2. The van der Waals surface area contributed by atoms with Crippen molar-refractivity contribution in [3.05, 3.63) is 0 Å². The average molecular weight is 308 g/mol. The average Bonchev–Trinajstić information content (AvgIpc) is 3.02. The molecule has 2 saturated heterocycles. The molecule has 0 radical (unpaired) electrons. The summed E-state index contributed by atoms with van der Waals surface area (Å²) >= 11 is 0. The zero-order chi connectivity index (χ0) is 15.7. The summed E-state index contributed by atoms with van der Waals surface area (Å²) in [4.78, 5) is 27.0. The first-order valence-electron chi connectivity index (χ1n) is 8.77. The normalized spacial score (nSPS) is 35.2. The Kier molecular flexibility index (Phi) is 4.68. The van der Waals surface area contributed by atoms with Crippen molar-refractivity contribution >= 4 is 11.8 Å². The van der Waals surface area contributed by atoms with Gasteiger partial charge in [-0.15, -0.1) is 0 Å². The predicted octanol–water partition coefficient (Wildman–Crippen LogP) is 0.491. The van der Waals surface area contributed by atoms with Crippen LogP contribution in [0.3, 0.4) is 0 Å². The van der Waals surface area contributed by atoms with Crippen LogP contribution in [0, 0.1) is 5.92 Å². The van der Waals surface area contributed by atoms with Crippen LogP contribution in [0.15, 0.2) is 0 Å². The Labute approximate surface area is 132 Å². The summed E-state index contributed by atoms with van der Waals surface area (Å²) in [5.74, 6) is 0.456. The number of hydrogen-bond acceptors (Lipinski definition) is 4. The molecule has 22 heavy (non-hydrogen) atoms. The maximum absolute atomic E-state index is 12.7. The van der Waals surface area contributed by atoms with Gasteiger partial charge in [0.1, 0.15) is 6.04 Å². The molecule has 124 valence electrons. The van der Waals surface area contributed by atoms with Gasteiger partial charge in [0.05, 0.1) is 0 Å². The Bertz CT molecular complexity index is 442. The van der Waals surface area contributed by atoms with Crippen molar-refractivity contribution in [3.63, 3.8) is 0 Å². The summed E-state index contributed by atoms with van der Waals surface area (Å²) in [6.07, 6.45) is 4.57. The third-order valence-corrected chi connectivity index (χ3v) is 5.42. The lowest BCUT2D eigenvalue weighted by molar-refractivity contribution is -0.155. The maximum Gasteiger partial charge on any atom is 0.241 e. The summed E-state index contributed by atoms with van der Waals surface area (Å²) in [6.45, 7) is 6.49. The van der Waals surface area contributed by atoms with Gasteiger partial charge in [0.25, 0.3) is 0 Å². The minimum Gasteiger partial charge on any atom is -0.356 e. The van der Waals surface area contributed by atoms with E-state index >= 15 is 0 Å². The fourth-order valence-electron chi connectivity index (χ4n) is 4.34. The predicted molar refractivity (Wildman–Crippen MR) is 83.9 cm³/mol. The number of carbonyl (C=O) groups excluding carboxylic acids is 2. The van der Waals surface area contributed by atoms with E-state index in [1.807, 2.05) is 11.8 Å². The standard InChI is InChI=1S/C16H28N4O2/c1-3-8-17-15(21)11-5-6-12-14(10-11)19(4-2)16(22)13-7-9-18-20(12)13/h11-14,18H,3-10H2,1-2H3,(H,17,21). The van der Waals surface area contributed by atoms with Crippen molar-refractivity contribution in [1.82, 2.24) is 20.7 Å². The van der Waals surface area contributed by atoms with Gasteiger partial charge in [0.15, 0.2) is 0 Å². The third kappa shape index (κ3) is 2.63. The number of hydrogen-bond donors (Lipinski definition) is 2. The molecule has 3 fully saturated rings. The van der Waals surface area contributed by atoms with Crippen LogP contribution in [0.25, 0.3) is 0 Å². The van der Waals surface area contributed by atoms with Crippen molar-refractivity contribution < 1.29 is 9.59 Å². The Morgan fingerprint density at radius 3 is 2.82 bits per heavy atom. The topological polar surface area (TPSA) is 64.7 Å². The minimum absolute atomic E-state index is 0.00617. The van der Waals surface area contributed by atoms with Crippen LogP contribution < -0.4 is 10.7 Å². The van der Waals surface area contributed by atoms with E-state index in [-0.39, 0.29) is 29.8 Å².